The van der Waals surface area contributed by atoms with Gasteiger partial charge in [-0.2, -0.15) is 0 Å². The van der Waals surface area contributed by atoms with E-state index in [2.05, 4.69) is 22.3 Å². The number of hydrogen-bond acceptors (Lipinski definition) is 5. The highest BCUT2D eigenvalue weighted by Crippen LogP contribution is 2.17. The molecule has 0 spiro atoms. The summed E-state index contributed by atoms with van der Waals surface area (Å²) in [5, 5.41) is 4.93. The van der Waals surface area contributed by atoms with Crippen molar-refractivity contribution in [2.75, 3.05) is 45.0 Å². The maximum absolute atomic E-state index is 12.3. The lowest BCUT2D eigenvalue weighted by Crippen LogP contribution is -2.50. The van der Waals surface area contributed by atoms with E-state index >= 15 is 0 Å². The van der Waals surface area contributed by atoms with Crippen LogP contribution in [0.15, 0.2) is 52.7 Å². The van der Waals surface area contributed by atoms with Crippen LogP contribution in [0.5, 0.6) is 0 Å². The van der Waals surface area contributed by atoms with E-state index in [0.29, 0.717) is 13.0 Å². The Morgan fingerprint density at radius 1 is 1.04 bits per heavy atom. The highest BCUT2D eigenvalue weighted by atomic mass is 32.2. The summed E-state index contributed by atoms with van der Waals surface area (Å²) in [6.45, 7) is 4.71. The molecule has 2 aromatic rings. The molecular formula is C20H25N3O2S2. The van der Waals surface area contributed by atoms with Crippen LogP contribution in [0.2, 0.25) is 0 Å². The van der Waals surface area contributed by atoms with Crippen LogP contribution in [-0.2, 0) is 4.79 Å². The van der Waals surface area contributed by atoms with Gasteiger partial charge in [0, 0.05) is 56.3 Å². The topological polar surface area (TPSA) is 52.7 Å². The van der Waals surface area contributed by atoms with Crippen molar-refractivity contribution in [1.29, 1.82) is 0 Å². The number of carbonyl (C=O) groups excluding carboxylic acids is 2. The minimum absolute atomic E-state index is 0.102. The Morgan fingerprint density at radius 2 is 1.81 bits per heavy atom. The molecule has 0 aliphatic carbocycles. The largest absolute Gasteiger partial charge is 0.355 e. The van der Waals surface area contributed by atoms with E-state index in [1.807, 2.05) is 40.6 Å². The van der Waals surface area contributed by atoms with E-state index in [1.165, 1.54) is 16.2 Å². The third-order valence-electron chi connectivity index (χ3n) is 4.48. The Balaban J connectivity index is 1.27. The molecule has 0 radical (unpaired) electrons. The molecular weight excluding hydrogens is 378 g/mol. The van der Waals surface area contributed by atoms with Crippen LogP contribution in [-0.4, -0.2) is 66.6 Å². The summed E-state index contributed by atoms with van der Waals surface area (Å²) in [6.07, 6.45) is 0.530. The van der Waals surface area contributed by atoms with Crippen molar-refractivity contribution in [3.05, 3.63) is 52.7 Å². The lowest BCUT2D eigenvalue weighted by Gasteiger charge is -2.34. The maximum atomic E-state index is 12.3. The highest BCUT2D eigenvalue weighted by Gasteiger charge is 2.22. The molecule has 1 fully saturated rings. The van der Waals surface area contributed by atoms with Crippen molar-refractivity contribution in [2.45, 2.75) is 11.3 Å². The number of carbonyl (C=O) groups is 2. The first-order valence-electron chi connectivity index (χ1n) is 9.22. The summed E-state index contributed by atoms with van der Waals surface area (Å²) in [5.41, 5.74) is 0. The van der Waals surface area contributed by atoms with Crippen LogP contribution in [0.25, 0.3) is 0 Å². The van der Waals surface area contributed by atoms with Gasteiger partial charge in [-0.1, -0.05) is 24.3 Å². The predicted octanol–water partition coefficient (Wildman–Crippen LogP) is 2.80. The Hall–Kier alpha value is -1.83. The third-order valence-corrected chi connectivity index (χ3v) is 6.35. The van der Waals surface area contributed by atoms with Gasteiger partial charge in [-0.15, -0.1) is 23.1 Å². The average Bonchev–Trinajstić information content (AvgIpc) is 3.24. The summed E-state index contributed by atoms with van der Waals surface area (Å²) in [5.74, 6) is 1.03. The number of benzene rings is 1. The number of nitrogens with zero attached hydrogens (tertiary/aromatic N) is 2. The summed E-state index contributed by atoms with van der Waals surface area (Å²) in [7, 11) is 0. The van der Waals surface area contributed by atoms with E-state index in [4.69, 9.17) is 0 Å². The molecule has 1 aliphatic heterocycles. The van der Waals surface area contributed by atoms with Gasteiger partial charge in [-0.25, -0.2) is 0 Å². The molecule has 2 heterocycles. The van der Waals surface area contributed by atoms with E-state index in [1.54, 1.807) is 11.8 Å². The fourth-order valence-electron chi connectivity index (χ4n) is 2.95. The van der Waals surface area contributed by atoms with Gasteiger partial charge in [-0.3, -0.25) is 14.5 Å². The van der Waals surface area contributed by atoms with Gasteiger partial charge >= 0.3 is 0 Å². The van der Waals surface area contributed by atoms with Gasteiger partial charge in [0.25, 0.3) is 5.91 Å². The maximum Gasteiger partial charge on any atom is 0.264 e. The summed E-state index contributed by atoms with van der Waals surface area (Å²) >= 11 is 3.20. The normalized spacial score (nSPS) is 14.9. The number of hydrogen-bond donors (Lipinski definition) is 1. The van der Waals surface area contributed by atoms with Crippen molar-refractivity contribution in [1.82, 2.24) is 15.1 Å². The van der Waals surface area contributed by atoms with Crippen molar-refractivity contribution in [2.24, 2.45) is 0 Å². The zero-order chi connectivity index (χ0) is 18.9. The molecule has 0 atom stereocenters. The first-order valence-corrected chi connectivity index (χ1v) is 11.1. The lowest BCUT2D eigenvalue weighted by atomic mass is 10.3. The number of thiophene rings is 1. The molecule has 27 heavy (non-hydrogen) atoms. The number of nitrogens with one attached hydrogen (secondary N) is 1. The fourth-order valence-corrected chi connectivity index (χ4v) is 4.51. The first kappa shape index (κ1) is 19.9. The van der Waals surface area contributed by atoms with Crippen LogP contribution in [0.4, 0.5) is 0 Å². The molecule has 144 valence electrons. The molecule has 1 aromatic carbocycles. The van der Waals surface area contributed by atoms with Crippen molar-refractivity contribution >= 4 is 34.9 Å². The van der Waals surface area contributed by atoms with Gasteiger partial charge < -0.3 is 10.2 Å². The summed E-state index contributed by atoms with van der Waals surface area (Å²) < 4.78 is 0. The number of piperazine rings is 1. The number of rotatable bonds is 8. The standard InChI is InChI=1S/C20H25N3O2S2/c24-19(8-16-26-17-5-2-1-3-6-17)21-9-10-22-11-13-23(14-12-22)20(25)18-7-4-15-27-18/h1-7,15H,8-14,16H2,(H,21,24). The van der Waals surface area contributed by atoms with Crippen molar-refractivity contribution < 1.29 is 9.59 Å². The minimum Gasteiger partial charge on any atom is -0.355 e. The van der Waals surface area contributed by atoms with Crippen LogP contribution in [0.1, 0.15) is 16.1 Å². The first-order chi connectivity index (χ1) is 13.2. The Bertz CT molecular complexity index is 714. The van der Waals surface area contributed by atoms with Crippen LogP contribution in [0.3, 0.4) is 0 Å². The molecule has 1 N–H and O–H groups in total. The van der Waals surface area contributed by atoms with Crippen LogP contribution in [0, 0.1) is 0 Å². The quantitative estimate of drug-likeness (QED) is 0.689. The fraction of sp³-hybridized carbons (Fsp3) is 0.400. The zero-order valence-electron chi connectivity index (χ0n) is 15.3. The van der Waals surface area contributed by atoms with Crippen LogP contribution < -0.4 is 5.32 Å². The van der Waals surface area contributed by atoms with Gasteiger partial charge in [0.15, 0.2) is 0 Å². The van der Waals surface area contributed by atoms with Crippen molar-refractivity contribution in [3.63, 3.8) is 0 Å². The highest BCUT2D eigenvalue weighted by molar-refractivity contribution is 7.99. The number of thioether (sulfide) groups is 1. The van der Waals surface area contributed by atoms with Crippen molar-refractivity contribution in [3.8, 4) is 0 Å². The smallest absolute Gasteiger partial charge is 0.264 e. The average molecular weight is 404 g/mol. The van der Waals surface area contributed by atoms with Gasteiger partial charge in [0.2, 0.25) is 5.91 Å². The second kappa shape index (κ2) is 10.5. The predicted molar refractivity (Wildman–Crippen MR) is 111 cm³/mol. The van der Waals surface area contributed by atoms with E-state index < -0.39 is 0 Å². The third kappa shape index (κ3) is 6.37. The summed E-state index contributed by atoms with van der Waals surface area (Å²) in [4.78, 5) is 30.5. The second-order valence-electron chi connectivity index (χ2n) is 6.37. The van der Waals surface area contributed by atoms with E-state index in [9.17, 15) is 9.59 Å². The van der Waals surface area contributed by atoms with E-state index in [-0.39, 0.29) is 11.8 Å². The van der Waals surface area contributed by atoms with Gasteiger partial charge in [0.05, 0.1) is 4.88 Å². The molecule has 2 amide bonds. The SMILES string of the molecule is O=C(CCSc1ccccc1)NCCN1CCN(C(=O)c2cccs2)CC1. The molecule has 1 aromatic heterocycles. The zero-order valence-corrected chi connectivity index (χ0v) is 16.9. The second-order valence-corrected chi connectivity index (χ2v) is 8.49. The Labute approximate surface area is 168 Å². The molecule has 3 rings (SSSR count). The molecule has 7 heteroatoms. The molecule has 0 saturated carbocycles. The van der Waals surface area contributed by atoms with E-state index in [0.717, 1.165) is 43.4 Å². The molecule has 1 saturated heterocycles. The molecule has 5 nitrogen and oxygen atoms in total. The number of amides is 2. The lowest BCUT2D eigenvalue weighted by molar-refractivity contribution is -0.120. The monoisotopic (exact) mass is 403 g/mol. The Morgan fingerprint density at radius 3 is 2.52 bits per heavy atom. The minimum atomic E-state index is 0.102. The molecule has 1 aliphatic rings. The van der Waals surface area contributed by atoms with Gasteiger partial charge in [-0.05, 0) is 23.6 Å². The molecule has 0 unspecified atom stereocenters. The Kier molecular flexibility index (Phi) is 7.74. The summed E-state index contributed by atoms with van der Waals surface area (Å²) in [6, 6.07) is 13.9. The van der Waals surface area contributed by atoms with Crippen LogP contribution >= 0.6 is 23.1 Å². The van der Waals surface area contributed by atoms with Gasteiger partial charge in [0.1, 0.15) is 0 Å². The molecule has 0 bridgehead atoms.